The molecule has 0 aliphatic heterocycles. The first-order valence-corrected chi connectivity index (χ1v) is 8.42. The molecule has 5 heteroatoms. The Hall–Kier alpha value is -1.75. The molecule has 0 unspecified atom stereocenters. The number of hydrogen-bond donors (Lipinski definition) is 2. The van der Waals surface area contributed by atoms with E-state index in [1.807, 2.05) is 32.0 Å². The van der Waals surface area contributed by atoms with Crippen LogP contribution in [0.25, 0.3) is 0 Å². The largest absolute Gasteiger partial charge is 0.397 e. The molecule has 0 atom stereocenters. The second kappa shape index (κ2) is 12.8. The number of nitrogens with one attached hydrogen (secondary N) is 1. The second-order valence-electron chi connectivity index (χ2n) is 5.27. The van der Waals surface area contributed by atoms with Gasteiger partial charge in [0.25, 0.3) is 0 Å². The number of hydrogen-bond acceptors (Lipinski definition) is 4. The average Bonchev–Trinajstić information content (AvgIpc) is 2.51. The van der Waals surface area contributed by atoms with Crippen LogP contribution in [0.2, 0.25) is 0 Å². The van der Waals surface area contributed by atoms with Gasteiger partial charge in [0, 0.05) is 39.4 Å². The second-order valence-corrected chi connectivity index (χ2v) is 5.27. The van der Waals surface area contributed by atoms with Crippen LogP contribution in [-0.2, 0) is 9.53 Å². The molecule has 5 nitrogen and oxygen atoms in total. The van der Waals surface area contributed by atoms with Gasteiger partial charge in [0.1, 0.15) is 0 Å². The quantitative estimate of drug-likeness (QED) is 0.562. The molecule has 1 aromatic carbocycles. The standard InChI is InChI=1S/C12H19N3O.C6H14O/c1-4-14-12-7-6-10(8-11(12)13)15(5-2)9(3)16;1-3-4-5-6-7-2/h6-8,14H,4-5,13H2,1-3H3;3-6H2,1-2H3. The van der Waals surface area contributed by atoms with Crippen molar-refractivity contribution in [3.05, 3.63) is 18.2 Å². The Morgan fingerprint density at radius 1 is 1.26 bits per heavy atom. The maximum Gasteiger partial charge on any atom is 0.223 e. The highest BCUT2D eigenvalue weighted by molar-refractivity contribution is 5.92. The fourth-order valence-corrected chi connectivity index (χ4v) is 2.15. The van der Waals surface area contributed by atoms with E-state index in [1.54, 1.807) is 18.9 Å². The van der Waals surface area contributed by atoms with E-state index >= 15 is 0 Å². The molecule has 1 aromatic rings. The summed E-state index contributed by atoms with van der Waals surface area (Å²) in [5, 5.41) is 3.16. The van der Waals surface area contributed by atoms with E-state index in [2.05, 4.69) is 12.2 Å². The molecule has 1 rings (SSSR count). The normalized spacial score (nSPS) is 9.78. The number of carbonyl (C=O) groups excluding carboxylic acids is 1. The Morgan fingerprint density at radius 3 is 2.39 bits per heavy atom. The van der Waals surface area contributed by atoms with Crippen LogP contribution in [0.1, 0.15) is 47.0 Å². The summed E-state index contributed by atoms with van der Waals surface area (Å²) in [4.78, 5) is 13.1. The first-order chi connectivity index (χ1) is 11.0. The lowest BCUT2D eigenvalue weighted by atomic mass is 10.2. The molecule has 23 heavy (non-hydrogen) atoms. The van der Waals surface area contributed by atoms with Crippen LogP contribution in [0.3, 0.4) is 0 Å². The molecule has 0 heterocycles. The van der Waals surface area contributed by atoms with Crippen LogP contribution in [0, 0.1) is 0 Å². The van der Waals surface area contributed by atoms with Gasteiger partial charge in [-0.2, -0.15) is 0 Å². The Balaban J connectivity index is 0.000000585. The fraction of sp³-hybridized carbons (Fsp3) is 0.611. The first kappa shape index (κ1) is 21.2. The van der Waals surface area contributed by atoms with E-state index < -0.39 is 0 Å². The minimum atomic E-state index is 0.0260. The molecule has 0 radical (unpaired) electrons. The van der Waals surface area contributed by atoms with Crippen LogP contribution in [0.5, 0.6) is 0 Å². The van der Waals surface area contributed by atoms with Crippen molar-refractivity contribution in [3.8, 4) is 0 Å². The number of ether oxygens (including phenoxy) is 1. The Kier molecular flexibility index (Phi) is 11.8. The molecule has 0 saturated heterocycles. The molecule has 0 saturated carbocycles. The highest BCUT2D eigenvalue weighted by atomic mass is 16.5. The van der Waals surface area contributed by atoms with E-state index in [4.69, 9.17) is 10.5 Å². The van der Waals surface area contributed by atoms with Gasteiger partial charge in [-0.3, -0.25) is 4.79 Å². The van der Waals surface area contributed by atoms with Crippen molar-refractivity contribution in [1.82, 2.24) is 0 Å². The van der Waals surface area contributed by atoms with Gasteiger partial charge in [-0.15, -0.1) is 0 Å². The van der Waals surface area contributed by atoms with Gasteiger partial charge in [-0.25, -0.2) is 0 Å². The number of carbonyl (C=O) groups is 1. The van der Waals surface area contributed by atoms with Crippen LogP contribution >= 0.6 is 0 Å². The zero-order chi connectivity index (χ0) is 17.7. The minimum absolute atomic E-state index is 0.0260. The number of anilines is 3. The number of unbranched alkanes of at least 4 members (excludes halogenated alkanes) is 2. The van der Waals surface area contributed by atoms with Crippen molar-refractivity contribution in [1.29, 1.82) is 0 Å². The number of nitrogen functional groups attached to an aromatic ring is 1. The Bertz CT molecular complexity index is 446. The molecule has 0 bridgehead atoms. The molecular weight excluding hydrogens is 290 g/mol. The fourth-order valence-electron chi connectivity index (χ4n) is 2.15. The summed E-state index contributed by atoms with van der Waals surface area (Å²) in [5.74, 6) is 0.0260. The number of rotatable bonds is 8. The summed E-state index contributed by atoms with van der Waals surface area (Å²) in [6, 6.07) is 5.63. The Labute approximate surface area is 141 Å². The van der Waals surface area contributed by atoms with Gasteiger partial charge in [0.15, 0.2) is 0 Å². The summed E-state index contributed by atoms with van der Waals surface area (Å²) >= 11 is 0. The lowest BCUT2D eigenvalue weighted by Gasteiger charge is -2.20. The van der Waals surface area contributed by atoms with E-state index in [0.29, 0.717) is 12.2 Å². The highest BCUT2D eigenvalue weighted by Gasteiger charge is 2.10. The third kappa shape index (κ3) is 8.45. The van der Waals surface area contributed by atoms with E-state index in [0.717, 1.165) is 24.5 Å². The van der Waals surface area contributed by atoms with Gasteiger partial charge in [-0.05, 0) is 38.5 Å². The summed E-state index contributed by atoms with van der Waals surface area (Å²) in [7, 11) is 1.75. The molecule has 3 N–H and O–H groups in total. The molecule has 0 aliphatic carbocycles. The molecule has 1 amide bonds. The average molecular weight is 323 g/mol. The van der Waals surface area contributed by atoms with Gasteiger partial charge in [0.05, 0.1) is 11.4 Å². The summed E-state index contributed by atoms with van der Waals surface area (Å²) in [5.41, 5.74) is 8.32. The molecule has 0 spiro atoms. The molecule has 0 fully saturated rings. The summed E-state index contributed by atoms with van der Waals surface area (Å²) < 4.78 is 4.84. The first-order valence-electron chi connectivity index (χ1n) is 8.42. The lowest BCUT2D eigenvalue weighted by Crippen LogP contribution is -2.27. The molecule has 132 valence electrons. The van der Waals surface area contributed by atoms with Crippen LogP contribution in [-0.4, -0.2) is 32.7 Å². The van der Waals surface area contributed by atoms with Crippen molar-refractivity contribution in [2.75, 3.05) is 42.8 Å². The summed E-state index contributed by atoms with van der Waals surface area (Å²) in [6.45, 7) is 10.1. The van der Waals surface area contributed by atoms with E-state index in [-0.39, 0.29) is 5.91 Å². The van der Waals surface area contributed by atoms with Crippen LogP contribution < -0.4 is 16.0 Å². The van der Waals surface area contributed by atoms with E-state index in [9.17, 15) is 4.79 Å². The van der Waals surface area contributed by atoms with Crippen molar-refractivity contribution < 1.29 is 9.53 Å². The summed E-state index contributed by atoms with van der Waals surface area (Å²) in [6.07, 6.45) is 3.80. The minimum Gasteiger partial charge on any atom is -0.397 e. The molecule has 0 aromatic heterocycles. The van der Waals surface area contributed by atoms with Gasteiger partial charge >= 0.3 is 0 Å². The van der Waals surface area contributed by atoms with Crippen molar-refractivity contribution in [3.63, 3.8) is 0 Å². The lowest BCUT2D eigenvalue weighted by molar-refractivity contribution is -0.116. The predicted molar refractivity (Wildman–Crippen MR) is 100 cm³/mol. The maximum atomic E-state index is 11.4. The maximum absolute atomic E-state index is 11.4. The van der Waals surface area contributed by atoms with Crippen LogP contribution in [0.4, 0.5) is 17.1 Å². The van der Waals surface area contributed by atoms with E-state index in [1.165, 1.54) is 19.3 Å². The zero-order valence-electron chi connectivity index (χ0n) is 15.3. The SMILES string of the molecule is CCCCCOC.CCNc1ccc(N(CC)C(C)=O)cc1N. The number of methoxy groups -OCH3 is 1. The van der Waals surface area contributed by atoms with Crippen molar-refractivity contribution in [2.24, 2.45) is 0 Å². The molecule has 0 aliphatic rings. The zero-order valence-corrected chi connectivity index (χ0v) is 15.3. The Morgan fingerprint density at radius 2 is 1.96 bits per heavy atom. The third-order valence-electron chi connectivity index (χ3n) is 3.36. The van der Waals surface area contributed by atoms with Gasteiger partial charge in [0.2, 0.25) is 5.91 Å². The third-order valence-corrected chi connectivity index (χ3v) is 3.36. The van der Waals surface area contributed by atoms with Gasteiger partial charge < -0.3 is 20.7 Å². The molecular formula is C18H33N3O2. The number of amides is 1. The van der Waals surface area contributed by atoms with Crippen molar-refractivity contribution in [2.45, 2.75) is 47.0 Å². The smallest absolute Gasteiger partial charge is 0.223 e. The number of nitrogens with zero attached hydrogens (tertiary/aromatic N) is 1. The van der Waals surface area contributed by atoms with Crippen molar-refractivity contribution >= 4 is 23.0 Å². The number of nitrogens with two attached hydrogens (primary N) is 1. The topological polar surface area (TPSA) is 67.6 Å². The monoisotopic (exact) mass is 323 g/mol. The number of benzene rings is 1. The van der Waals surface area contributed by atoms with Gasteiger partial charge in [-0.1, -0.05) is 19.8 Å². The predicted octanol–water partition coefficient (Wildman–Crippen LogP) is 3.90. The highest BCUT2D eigenvalue weighted by Crippen LogP contribution is 2.25. The van der Waals surface area contributed by atoms with Crippen LogP contribution in [0.15, 0.2) is 18.2 Å².